The first-order chi connectivity index (χ1) is 11.2. The van der Waals surface area contributed by atoms with Crippen molar-refractivity contribution in [2.45, 2.75) is 0 Å². The molecule has 1 aliphatic heterocycles. The third-order valence-corrected chi connectivity index (χ3v) is 3.41. The van der Waals surface area contributed by atoms with Crippen molar-refractivity contribution in [1.82, 2.24) is 0 Å². The number of anilines is 1. The third-order valence-electron chi connectivity index (χ3n) is 3.41. The molecular formula is C19H17NO3. The van der Waals surface area contributed by atoms with Crippen LogP contribution in [-0.4, -0.2) is 19.1 Å². The van der Waals surface area contributed by atoms with Gasteiger partial charge in [-0.25, -0.2) is 0 Å². The summed E-state index contributed by atoms with van der Waals surface area (Å²) < 4.78 is 10.9. The smallest absolute Gasteiger partial charge is 0.248 e. The maximum absolute atomic E-state index is 12.0. The highest BCUT2D eigenvalue weighted by Crippen LogP contribution is 2.32. The van der Waals surface area contributed by atoms with Gasteiger partial charge >= 0.3 is 0 Å². The molecule has 0 atom stereocenters. The van der Waals surface area contributed by atoms with Crippen molar-refractivity contribution in [1.29, 1.82) is 0 Å². The fourth-order valence-electron chi connectivity index (χ4n) is 2.22. The topological polar surface area (TPSA) is 47.6 Å². The van der Waals surface area contributed by atoms with Crippen LogP contribution in [0.5, 0.6) is 11.5 Å². The molecular weight excluding hydrogens is 290 g/mol. The number of ether oxygens (including phenoxy) is 2. The standard InChI is InChI=1S/C19H17NO3/c1-2-14-3-5-15(6-4-14)7-10-19(21)20-16-8-9-17-18(13-16)23-12-11-22-17/h2-10,13H,1,11-12H2,(H,20,21)/b10-7+. The van der Waals surface area contributed by atoms with Gasteiger partial charge < -0.3 is 14.8 Å². The van der Waals surface area contributed by atoms with Gasteiger partial charge in [0.2, 0.25) is 5.91 Å². The molecule has 0 saturated carbocycles. The normalized spacial score (nSPS) is 12.9. The SMILES string of the molecule is C=Cc1ccc(/C=C/C(=O)Nc2ccc3c(c2)OCCO3)cc1. The average Bonchev–Trinajstić information content (AvgIpc) is 2.60. The van der Waals surface area contributed by atoms with Crippen molar-refractivity contribution in [3.63, 3.8) is 0 Å². The van der Waals surface area contributed by atoms with Crippen LogP contribution in [0.15, 0.2) is 55.1 Å². The Morgan fingerprint density at radius 3 is 2.43 bits per heavy atom. The minimum absolute atomic E-state index is 0.200. The predicted molar refractivity (Wildman–Crippen MR) is 91.6 cm³/mol. The fourth-order valence-corrected chi connectivity index (χ4v) is 2.22. The predicted octanol–water partition coefficient (Wildman–Crippen LogP) is 3.75. The van der Waals surface area contributed by atoms with Crippen LogP contribution in [0.2, 0.25) is 0 Å². The Kier molecular flexibility index (Phi) is 4.43. The Morgan fingerprint density at radius 2 is 1.70 bits per heavy atom. The maximum Gasteiger partial charge on any atom is 0.248 e. The average molecular weight is 307 g/mol. The number of hydrogen-bond acceptors (Lipinski definition) is 3. The van der Waals surface area contributed by atoms with E-state index in [-0.39, 0.29) is 5.91 Å². The summed E-state index contributed by atoms with van der Waals surface area (Å²) in [5, 5.41) is 2.81. The van der Waals surface area contributed by atoms with Crippen LogP contribution >= 0.6 is 0 Å². The molecule has 2 aromatic carbocycles. The van der Waals surface area contributed by atoms with Gasteiger partial charge in [-0.3, -0.25) is 4.79 Å². The quantitative estimate of drug-likeness (QED) is 0.875. The van der Waals surface area contributed by atoms with Gasteiger partial charge in [-0.2, -0.15) is 0 Å². The molecule has 2 aromatic rings. The molecule has 0 fully saturated rings. The van der Waals surface area contributed by atoms with Gasteiger partial charge in [0.25, 0.3) is 0 Å². The van der Waals surface area contributed by atoms with Gasteiger partial charge in [-0.1, -0.05) is 36.9 Å². The zero-order chi connectivity index (χ0) is 16.1. The Hall–Kier alpha value is -3.01. The first kappa shape index (κ1) is 14.9. The van der Waals surface area contributed by atoms with E-state index in [0.717, 1.165) is 11.1 Å². The van der Waals surface area contributed by atoms with E-state index in [1.165, 1.54) is 6.08 Å². The maximum atomic E-state index is 12.0. The number of carbonyl (C=O) groups is 1. The van der Waals surface area contributed by atoms with Crippen LogP contribution in [0.1, 0.15) is 11.1 Å². The van der Waals surface area contributed by atoms with E-state index in [4.69, 9.17) is 9.47 Å². The molecule has 0 spiro atoms. The number of carbonyl (C=O) groups excluding carboxylic acids is 1. The molecule has 0 radical (unpaired) electrons. The second-order valence-electron chi connectivity index (χ2n) is 5.05. The van der Waals surface area contributed by atoms with Crippen LogP contribution in [-0.2, 0) is 4.79 Å². The van der Waals surface area contributed by atoms with Gasteiger partial charge in [0.1, 0.15) is 13.2 Å². The Morgan fingerprint density at radius 1 is 1.00 bits per heavy atom. The lowest BCUT2D eigenvalue weighted by Crippen LogP contribution is -2.16. The summed E-state index contributed by atoms with van der Waals surface area (Å²) in [7, 11) is 0. The Balaban J connectivity index is 1.64. The van der Waals surface area contributed by atoms with E-state index in [2.05, 4.69) is 11.9 Å². The van der Waals surface area contributed by atoms with Crippen LogP contribution < -0.4 is 14.8 Å². The van der Waals surface area contributed by atoms with Crippen molar-refractivity contribution in [3.8, 4) is 11.5 Å². The number of nitrogens with one attached hydrogen (secondary N) is 1. The lowest BCUT2D eigenvalue weighted by atomic mass is 10.1. The van der Waals surface area contributed by atoms with Crippen LogP contribution in [0, 0.1) is 0 Å². The lowest BCUT2D eigenvalue weighted by Gasteiger charge is -2.18. The summed E-state index contributed by atoms with van der Waals surface area (Å²) in [6, 6.07) is 13.1. The summed E-state index contributed by atoms with van der Waals surface area (Å²) in [6.45, 7) is 4.78. The highest BCUT2D eigenvalue weighted by molar-refractivity contribution is 6.02. The molecule has 0 aromatic heterocycles. The molecule has 0 unspecified atom stereocenters. The molecule has 1 heterocycles. The van der Waals surface area contributed by atoms with E-state index in [0.29, 0.717) is 30.4 Å². The van der Waals surface area contributed by atoms with E-state index < -0.39 is 0 Å². The second-order valence-corrected chi connectivity index (χ2v) is 5.05. The molecule has 116 valence electrons. The first-order valence-corrected chi connectivity index (χ1v) is 7.36. The van der Waals surface area contributed by atoms with Crippen LogP contribution in [0.25, 0.3) is 12.2 Å². The first-order valence-electron chi connectivity index (χ1n) is 7.36. The van der Waals surface area contributed by atoms with Crippen LogP contribution in [0.3, 0.4) is 0 Å². The molecule has 23 heavy (non-hydrogen) atoms. The minimum atomic E-state index is -0.200. The van der Waals surface area contributed by atoms with Crippen molar-refractivity contribution in [2.75, 3.05) is 18.5 Å². The third kappa shape index (κ3) is 3.80. The molecule has 1 aliphatic rings. The van der Waals surface area contributed by atoms with Gasteiger partial charge in [-0.05, 0) is 29.3 Å². The van der Waals surface area contributed by atoms with E-state index in [1.807, 2.05) is 24.3 Å². The largest absolute Gasteiger partial charge is 0.486 e. The molecule has 0 aliphatic carbocycles. The van der Waals surface area contributed by atoms with Crippen LogP contribution in [0.4, 0.5) is 5.69 Å². The molecule has 1 amide bonds. The molecule has 4 nitrogen and oxygen atoms in total. The highest BCUT2D eigenvalue weighted by atomic mass is 16.6. The molecule has 0 bridgehead atoms. The summed E-state index contributed by atoms with van der Waals surface area (Å²) in [4.78, 5) is 12.0. The number of rotatable bonds is 4. The monoisotopic (exact) mass is 307 g/mol. The van der Waals surface area contributed by atoms with Crippen molar-refractivity contribution < 1.29 is 14.3 Å². The fraction of sp³-hybridized carbons (Fsp3) is 0.105. The van der Waals surface area contributed by atoms with E-state index in [1.54, 1.807) is 30.4 Å². The van der Waals surface area contributed by atoms with Gasteiger partial charge in [-0.15, -0.1) is 0 Å². The summed E-state index contributed by atoms with van der Waals surface area (Å²) in [5.41, 5.74) is 2.67. The van der Waals surface area contributed by atoms with Crippen molar-refractivity contribution in [3.05, 3.63) is 66.2 Å². The second kappa shape index (κ2) is 6.83. The molecule has 4 heteroatoms. The van der Waals surface area contributed by atoms with Gasteiger partial charge in [0.05, 0.1) is 0 Å². The highest BCUT2D eigenvalue weighted by Gasteiger charge is 2.12. The minimum Gasteiger partial charge on any atom is -0.486 e. The zero-order valence-electron chi connectivity index (χ0n) is 12.6. The molecule has 1 N–H and O–H groups in total. The molecule has 3 rings (SSSR count). The van der Waals surface area contributed by atoms with E-state index in [9.17, 15) is 4.79 Å². The van der Waals surface area contributed by atoms with Gasteiger partial charge in [0, 0.05) is 17.8 Å². The van der Waals surface area contributed by atoms with E-state index >= 15 is 0 Å². The number of amides is 1. The van der Waals surface area contributed by atoms with Gasteiger partial charge in [0.15, 0.2) is 11.5 Å². The number of benzene rings is 2. The lowest BCUT2D eigenvalue weighted by molar-refractivity contribution is -0.111. The zero-order valence-corrected chi connectivity index (χ0v) is 12.6. The summed E-state index contributed by atoms with van der Waals surface area (Å²) >= 11 is 0. The molecule has 0 saturated heterocycles. The summed E-state index contributed by atoms with van der Waals surface area (Å²) in [5.74, 6) is 1.15. The van der Waals surface area contributed by atoms with Crippen molar-refractivity contribution >= 4 is 23.7 Å². The number of fused-ring (bicyclic) bond motifs is 1. The summed E-state index contributed by atoms with van der Waals surface area (Å²) in [6.07, 6.45) is 5.04. The Labute approximate surface area is 135 Å². The Bertz CT molecular complexity index is 748. The number of hydrogen-bond donors (Lipinski definition) is 1. The van der Waals surface area contributed by atoms with Crippen molar-refractivity contribution in [2.24, 2.45) is 0 Å².